The van der Waals surface area contributed by atoms with Crippen molar-refractivity contribution in [3.63, 3.8) is 0 Å². The van der Waals surface area contributed by atoms with E-state index in [1.165, 1.54) is 0 Å². The Hall–Kier alpha value is -2.89. The summed E-state index contributed by atoms with van der Waals surface area (Å²) in [4.78, 5) is 27.6. The molecule has 0 aliphatic heterocycles. The monoisotopic (exact) mass is 396 g/mol. The summed E-state index contributed by atoms with van der Waals surface area (Å²) in [6.07, 6.45) is 7.86. The number of methoxy groups -OCH3 is 1. The number of nitrogens with zero attached hydrogens (tertiary/aromatic N) is 2. The number of hydrogen-bond donors (Lipinski definition) is 0. The van der Waals surface area contributed by atoms with Crippen LogP contribution in [0.3, 0.4) is 0 Å². The molecule has 0 spiro atoms. The highest BCUT2D eigenvalue weighted by Crippen LogP contribution is 2.34. The first-order valence-corrected chi connectivity index (χ1v) is 10.2. The van der Waals surface area contributed by atoms with E-state index in [0.29, 0.717) is 36.0 Å². The van der Waals surface area contributed by atoms with Crippen molar-refractivity contribution in [1.29, 1.82) is 0 Å². The van der Waals surface area contributed by atoms with Crippen LogP contribution in [0.4, 0.5) is 0 Å². The lowest BCUT2D eigenvalue weighted by atomic mass is 10.1. The maximum absolute atomic E-state index is 11.9. The molecule has 6 heteroatoms. The zero-order valence-corrected chi connectivity index (χ0v) is 17.4. The lowest BCUT2D eigenvalue weighted by molar-refractivity contribution is -0.118. The Morgan fingerprint density at radius 1 is 1.17 bits per heavy atom. The molecule has 3 aromatic rings. The molecule has 1 aromatic carbocycles. The van der Waals surface area contributed by atoms with Crippen molar-refractivity contribution >= 4 is 16.7 Å². The first-order valence-electron chi connectivity index (χ1n) is 10.2. The van der Waals surface area contributed by atoms with E-state index in [2.05, 4.69) is 4.98 Å². The number of hydrogen-bond acceptors (Lipinski definition) is 5. The normalized spacial score (nSPS) is 11.1. The van der Waals surface area contributed by atoms with Gasteiger partial charge in [0.15, 0.2) is 11.7 Å². The molecule has 0 aliphatic rings. The first kappa shape index (κ1) is 20.8. The minimum Gasteiger partial charge on any atom is -0.496 e. The van der Waals surface area contributed by atoms with Gasteiger partial charge in [0, 0.05) is 38.4 Å². The van der Waals surface area contributed by atoms with E-state index in [-0.39, 0.29) is 5.56 Å². The van der Waals surface area contributed by atoms with Crippen molar-refractivity contribution in [2.24, 2.45) is 7.05 Å². The molecule has 0 N–H and O–H groups in total. The summed E-state index contributed by atoms with van der Waals surface area (Å²) in [5.41, 5.74) is 1.56. The molecular weight excluding hydrogens is 368 g/mol. The molecular formula is C23H28N2O4. The summed E-state index contributed by atoms with van der Waals surface area (Å²) in [5, 5.41) is 0.933. The summed E-state index contributed by atoms with van der Waals surface area (Å²) >= 11 is 0. The van der Waals surface area contributed by atoms with E-state index in [9.17, 15) is 9.59 Å². The zero-order chi connectivity index (χ0) is 20.8. The predicted molar refractivity (Wildman–Crippen MR) is 113 cm³/mol. The van der Waals surface area contributed by atoms with Gasteiger partial charge in [-0.05, 0) is 30.4 Å². The van der Waals surface area contributed by atoms with Gasteiger partial charge in [-0.3, -0.25) is 9.59 Å². The van der Waals surface area contributed by atoms with E-state index in [1.807, 2.05) is 19.1 Å². The molecule has 2 heterocycles. The highest BCUT2D eigenvalue weighted by atomic mass is 16.5. The lowest BCUT2D eigenvalue weighted by Gasteiger charge is -2.10. The summed E-state index contributed by atoms with van der Waals surface area (Å²) < 4.78 is 13.1. The number of benzene rings is 1. The number of carbonyl (C=O) groups is 1. The molecule has 3 rings (SSSR count). The van der Waals surface area contributed by atoms with Crippen LogP contribution in [-0.2, 0) is 18.3 Å². The SMILES string of the molecule is CCC(=O)CCCCCCc1ncc(-c2cc3ccc(=O)n(C)c3cc2OC)o1. The molecule has 154 valence electrons. The number of fused-ring (bicyclic) bond motifs is 1. The van der Waals surface area contributed by atoms with Gasteiger partial charge >= 0.3 is 0 Å². The van der Waals surface area contributed by atoms with E-state index in [1.54, 1.807) is 37.1 Å². The third-order valence-corrected chi connectivity index (χ3v) is 5.26. The molecule has 0 aliphatic carbocycles. The molecule has 2 aromatic heterocycles. The first-order chi connectivity index (χ1) is 14.0. The smallest absolute Gasteiger partial charge is 0.250 e. The summed E-state index contributed by atoms with van der Waals surface area (Å²) in [7, 11) is 3.35. The fourth-order valence-corrected chi connectivity index (χ4v) is 3.44. The second-order valence-electron chi connectivity index (χ2n) is 7.27. The highest BCUT2D eigenvalue weighted by molar-refractivity contribution is 5.87. The number of pyridine rings is 1. The van der Waals surface area contributed by atoms with Gasteiger partial charge in [0.2, 0.25) is 0 Å². The van der Waals surface area contributed by atoms with Gasteiger partial charge in [0.1, 0.15) is 11.5 Å². The van der Waals surface area contributed by atoms with E-state index < -0.39 is 0 Å². The van der Waals surface area contributed by atoms with Gasteiger partial charge in [-0.1, -0.05) is 19.8 Å². The second-order valence-corrected chi connectivity index (χ2v) is 7.27. The third kappa shape index (κ3) is 4.94. The van der Waals surface area contributed by atoms with Gasteiger partial charge in [-0.2, -0.15) is 0 Å². The van der Waals surface area contributed by atoms with Crippen LogP contribution in [0.25, 0.3) is 22.2 Å². The maximum atomic E-state index is 11.9. The predicted octanol–water partition coefficient (Wildman–Crippen LogP) is 4.67. The number of aromatic nitrogens is 2. The van der Waals surface area contributed by atoms with Gasteiger partial charge < -0.3 is 13.7 Å². The molecule has 0 fully saturated rings. The molecule has 0 unspecified atom stereocenters. The Morgan fingerprint density at radius 2 is 1.97 bits per heavy atom. The second kappa shape index (κ2) is 9.54. The van der Waals surface area contributed by atoms with Crippen molar-refractivity contribution in [2.45, 2.75) is 51.9 Å². The van der Waals surface area contributed by atoms with E-state index >= 15 is 0 Å². The zero-order valence-electron chi connectivity index (χ0n) is 17.4. The standard InChI is InChI=1S/C23H28N2O4/c1-4-17(26)9-7-5-6-8-10-22-24-15-21(29-22)18-13-16-11-12-23(27)25(2)19(16)14-20(18)28-3/h11-15H,4-10H2,1-3H3. The summed E-state index contributed by atoms with van der Waals surface area (Å²) in [5.74, 6) is 2.34. The molecule has 0 saturated carbocycles. The Kier molecular flexibility index (Phi) is 6.86. The minimum atomic E-state index is -0.0617. The van der Waals surface area contributed by atoms with Gasteiger partial charge in [-0.15, -0.1) is 0 Å². The number of Topliss-reactive ketones (excluding diaryl/α,β-unsaturated/α-hetero) is 1. The highest BCUT2D eigenvalue weighted by Gasteiger charge is 2.14. The number of ether oxygens (including phenoxy) is 1. The van der Waals surface area contributed by atoms with Crippen molar-refractivity contribution < 1.29 is 13.9 Å². The van der Waals surface area contributed by atoms with Gasteiger partial charge in [0.25, 0.3) is 5.56 Å². The number of carbonyl (C=O) groups excluding carboxylic acids is 1. The maximum Gasteiger partial charge on any atom is 0.250 e. The van der Waals surface area contributed by atoms with Crippen LogP contribution in [0.1, 0.15) is 51.3 Å². The van der Waals surface area contributed by atoms with Crippen LogP contribution in [-0.4, -0.2) is 22.4 Å². The number of oxazole rings is 1. The molecule has 0 atom stereocenters. The lowest BCUT2D eigenvalue weighted by Crippen LogP contribution is -2.15. The van der Waals surface area contributed by atoms with Gasteiger partial charge in [-0.25, -0.2) is 4.98 Å². The van der Waals surface area contributed by atoms with Crippen LogP contribution in [0.5, 0.6) is 5.75 Å². The topological polar surface area (TPSA) is 74.3 Å². The number of rotatable bonds is 10. The minimum absolute atomic E-state index is 0.0617. The fraction of sp³-hybridized carbons (Fsp3) is 0.435. The van der Waals surface area contributed by atoms with Crippen molar-refractivity contribution in [3.8, 4) is 17.1 Å². The summed E-state index contributed by atoms with van der Waals surface area (Å²) in [6, 6.07) is 7.17. The third-order valence-electron chi connectivity index (χ3n) is 5.26. The molecule has 0 saturated heterocycles. The van der Waals surface area contributed by atoms with Crippen LogP contribution in [0.2, 0.25) is 0 Å². The largest absolute Gasteiger partial charge is 0.496 e. The molecule has 0 bridgehead atoms. The number of ketones is 1. The Labute approximate surface area is 170 Å². The average Bonchev–Trinajstić information content (AvgIpc) is 3.21. The molecule has 29 heavy (non-hydrogen) atoms. The Morgan fingerprint density at radius 3 is 2.72 bits per heavy atom. The van der Waals surface area contributed by atoms with Gasteiger partial charge in [0.05, 0.1) is 24.4 Å². The quantitative estimate of drug-likeness (QED) is 0.465. The van der Waals surface area contributed by atoms with E-state index in [4.69, 9.17) is 9.15 Å². The Bertz CT molecular complexity index is 1050. The molecule has 0 amide bonds. The van der Waals surface area contributed by atoms with Crippen LogP contribution in [0.15, 0.2) is 39.7 Å². The van der Waals surface area contributed by atoms with Crippen molar-refractivity contribution in [1.82, 2.24) is 9.55 Å². The molecule has 6 nitrogen and oxygen atoms in total. The van der Waals surface area contributed by atoms with Crippen molar-refractivity contribution in [2.75, 3.05) is 7.11 Å². The van der Waals surface area contributed by atoms with Crippen LogP contribution >= 0.6 is 0 Å². The average molecular weight is 396 g/mol. The van der Waals surface area contributed by atoms with E-state index in [0.717, 1.165) is 48.6 Å². The van der Waals surface area contributed by atoms with Crippen LogP contribution < -0.4 is 10.3 Å². The summed E-state index contributed by atoms with van der Waals surface area (Å²) in [6.45, 7) is 1.91. The van der Waals surface area contributed by atoms with Crippen LogP contribution in [0, 0.1) is 0 Å². The number of unbranched alkanes of at least 4 members (excludes halogenated alkanes) is 3. The number of aryl methyl sites for hydroxylation is 2. The van der Waals surface area contributed by atoms with Crippen molar-refractivity contribution in [3.05, 3.63) is 46.7 Å². The fourth-order valence-electron chi connectivity index (χ4n) is 3.44. The Balaban J connectivity index is 1.68. The molecule has 0 radical (unpaired) electrons.